The first-order valence-corrected chi connectivity index (χ1v) is 10.5. The van der Waals surface area contributed by atoms with E-state index < -0.39 is 17.7 Å². The maximum atomic E-state index is 11.9. The Balaban J connectivity index is 2.04. The number of allylic oxidation sites excluding steroid dienone is 11. The predicted molar refractivity (Wildman–Crippen MR) is 120 cm³/mol. The van der Waals surface area contributed by atoms with Crippen LogP contribution in [0, 0.1) is 5.41 Å². The highest BCUT2D eigenvalue weighted by atomic mass is 16.7. The topological polar surface area (TPSA) is 52.6 Å². The van der Waals surface area contributed by atoms with Crippen LogP contribution in [0.3, 0.4) is 0 Å². The molecule has 0 saturated carbocycles. The number of carbonyl (C=O) groups excluding carboxylic acids is 2. The fourth-order valence-corrected chi connectivity index (χ4v) is 3.70. The molecular weight excluding hydrogens is 376 g/mol. The average Bonchev–Trinajstić information content (AvgIpc) is 2.59. The van der Waals surface area contributed by atoms with Crippen LogP contribution in [-0.4, -0.2) is 17.7 Å². The maximum absolute atomic E-state index is 11.9. The van der Waals surface area contributed by atoms with E-state index in [1.165, 1.54) is 50.3 Å². The van der Waals surface area contributed by atoms with Crippen molar-refractivity contribution in [2.75, 3.05) is 0 Å². The highest BCUT2D eigenvalue weighted by Crippen LogP contribution is 2.40. The molecule has 0 bridgehead atoms. The van der Waals surface area contributed by atoms with Crippen molar-refractivity contribution in [1.82, 2.24) is 0 Å². The zero-order chi connectivity index (χ0) is 22.5. The predicted octanol–water partition coefficient (Wildman–Crippen LogP) is 6.28. The molecule has 0 unspecified atom stereocenters. The smallest absolute Gasteiger partial charge is 0.348 e. The molecule has 0 aromatic rings. The molecule has 0 radical (unpaired) electrons. The highest BCUT2D eigenvalue weighted by molar-refractivity contribution is 6.15. The molecule has 2 rings (SSSR count). The normalized spacial score (nSPS) is 22.6. The van der Waals surface area contributed by atoms with E-state index >= 15 is 0 Å². The molecule has 0 atom stereocenters. The van der Waals surface area contributed by atoms with Crippen LogP contribution in [0.1, 0.15) is 67.7 Å². The summed E-state index contributed by atoms with van der Waals surface area (Å²) in [6.45, 7) is 13.9. The lowest BCUT2D eigenvalue weighted by Crippen LogP contribution is -2.41. The van der Waals surface area contributed by atoms with Crippen LogP contribution in [0.2, 0.25) is 0 Å². The monoisotopic (exact) mass is 410 g/mol. The lowest BCUT2D eigenvalue weighted by molar-refractivity contribution is -0.222. The molecule has 1 aliphatic heterocycles. The van der Waals surface area contributed by atoms with E-state index in [4.69, 9.17) is 9.47 Å². The van der Waals surface area contributed by atoms with Crippen molar-refractivity contribution in [3.05, 3.63) is 70.4 Å². The fraction of sp³-hybridized carbons (Fsp3) is 0.462. The van der Waals surface area contributed by atoms with Gasteiger partial charge in [-0.2, -0.15) is 0 Å². The standard InChI is InChI=1S/C26H34O4/c1-18(13-15-21-23(27)29-26(6,7)30-24(21)28)10-8-11-19(2)14-16-22-20(3)12-9-17-25(22,4)5/h8,10-11,13-16H,9,12,17H2,1-7H3/b10-8+,16-14+,18-13+,19-11+. The largest absolute Gasteiger partial charge is 0.419 e. The van der Waals surface area contributed by atoms with E-state index in [1.807, 2.05) is 25.2 Å². The Kier molecular flexibility index (Phi) is 7.46. The molecule has 4 heteroatoms. The summed E-state index contributed by atoms with van der Waals surface area (Å²) in [4.78, 5) is 23.9. The zero-order valence-corrected chi connectivity index (χ0v) is 19.3. The Bertz CT molecular complexity index is 864. The summed E-state index contributed by atoms with van der Waals surface area (Å²) in [5.41, 5.74) is 5.12. The Morgan fingerprint density at radius 1 is 0.933 bits per heavy atom. The van der Waals surface area contributed by atoms with Crippen LogP contribution in [0.4, 0.5) is 0 Å². The molecule has 1 aliphatic carbocycles. The quantitative estimate of drug-likeness (QED) is 0.232. The second-order valence-electron chi connectivity index (χ2n) is 9.20. The minimum Gasteiger partial charge on any atom is -0.419 e. The number of esters is 2. The lowest BCUT2D eigenvalue weighted by atomic mass is 9.72. The van der Waals surface area contributed by atoms with E-state index in [9.17, 15) is 9.59 Å². The molecule has 0 spiro atoms. The van der Waals surface area contributed by atoms with Gasteiger partial charge in [-0.15, -0.1) is 0 Å². The summed E-state index contributed by atoms with van der Waals surface area (Å²) in [7, 11) is 0. The summed E-state index contributed by atoms with van der Waals surface area (Å²) >= 11 is 0. The van der Waals surface area contributed by atoms with Gasteiger partial charge in [0, 0.05) is 13.8 Å². The third-order valence-electron chi connectivity index (χ3n) is 5.40. The van der Waals surface area contributed by atoms with Gasteiger partial charge in [0.2, 0.25) is 0 Å². The Hall–Kier alpha value is -2.62. The molecule has 0 aromatic carbocycles. The summed E-state index contributed by atoms with van der Waals surface area (Å²) in [5, 5.41) is 0. The van der Waals surface area contributed by atoms with Crippen molar-refractivity contribution < 1.29 is 19.1 Å². The van der Waals surface area contributed by atoms with Crippen molar-refractivity contribution >= 4 is 11.9 Å². The second kappa shape index (κ2) is 9.46. The minimum atomic E-state index is -1.22. The molecule has 0 amide bonds. The molecular formula is C26H34O4. The van der Waals surface area contributed by atoms with Gasteiger partial charge >= 0.3 is 11.9 Å². The van der Waals surface area contributed by atoms with Gasteiger partial charge in [-0.05, 0) is 57.1 Å². The van der Waals surface area contributed by atoms with Gasteiger partial charge in [-0.1, -0.05) is 67.0 Å². The Labute approximate surface area is 180 Å². The highest BCUT2D eigenvalue weighted by Gasteiger charge is 2.38. The van der Waals surface area contributed by atoms with Gasteiger partial charge in [0.15, 0.2) is 0 Å². The van der Waals surface area contributed by atoms with Gasteiger partial charge in [-0.3, -0.25) is 0 Å². The van der Waals surface area contributed by atoms with Crippen molar-refractivity contribution in [1.29, 1.82) is 0 Å². The van der Waals surface area contributed by atoms with E-state index in [0.717, 1.165) is 11.1 Å². The van der Waals surface area contributed by atoms with Crippen LogP contribution in [0.25, 0.3) is 0 Å². The van der Waals surface area contributed by atoms with Crippen LogP contribution in [0.15, 0.2) is 70.4 Å². The fourth-order valence-electron chi connectivity index (χ4n) is 3.70. The molecule has 30 heavy (non-hydrogen) atoms. The van der Waals surface area contributed by atoms with Crippen molar-refractivity contribution in [3.8, 4) is 0 Å². The van der Waals surface area contributed by atoms with Crippen molar-refractivity contribution in [2.24, 2.45) is 5.41 Å². The minimum absolute atomic E-state index is 0.101. The number of rotatable bonds is 5. The summed E-state index contributed by atoms with van der Waals surface area (Å²) in [5.74, 6) is -2.55. The van der Waals surface area contributed by atoms with Gasteiger partial charge < -0.3 is 9.47 Å². The number of ether oxygens (including phenoxy) is 2. The Morgan fingerprint density at radius 3 is 2.13 bits per heavy atom. The van der Waals surface area contributed by atoms with Gasteiger partial charge in [0.1, 0.15) is 5.57 Å². The summed E-state index contributed by atoms with van der Waals surface area (Å²) < 4.78 is 10.2. The third-order valence-corrected chi connectivity index (χ3v) is 5.40. The molecule has 2 aliphatic rings. The van der Waals surface area contributed by atoms with Crippen LogP contribution >= 0.6 is 0 Å². The number of carbonyl (C=O) groups is 2. The Morgan fingerprint density at radius 2 is 1.53 bits per heavy atom. The third kappa shape index (κ3) is 6.45. The maximum Gasteiger partial charge on any atom is 0.348 e. The van der Waals surface area contributed by atoms with Crippen molar-refractivity contribution in [3.63, 3.8) is 0 Å². The average molecular weight is 411 g/mol. The van der Waals surface area contributed by atoms with Crippen LogP contribution in [0.5, 0.6) is 0 Å². The van der Waals surface area contributed by atoms with E-state index in [0.29, 0.717) is 0 Å². The first kappa shape index (κ1) is 23.7. The van der Waals surface area contributed by atoms with Gasteiger partial charge in [0.25, 0.3) is 5.79 Å². The molecule has 1 saturated heterocycles. The van der Waals surface area contributed by atoms with Crippen LogP contribution < -0.4 is 0 Å². The summed E-state index contributed by atoms with van der Waals surface area (Å²) in [6.07, 6.45) is 17.2. The molecule has 1 heterocycles. The first-order valence-electron chi connectivity index (χ1n) is 10.5. The van der Waals surface area contributed by atoms with Crippen molar-refractivity contribution in [2.45, 2.75) is 73.5 Å². The van der Waals surface area contributed by atoms with E-state index in [2.05, 4.69) is 39.8 Å². The van der Waals surface area contributed by atoms with Crippen LogP contribution in [-0.2, 0) is 19.1 Å². The molecule has 1 fully saturated rings. The molecule has 0 aromatic heterocycles. The molecule has 4 nitrogen and oxygen atoms in total. The molecule has 0 N–H and O–H groups in total. The van der Waals surface area contributed by atoms with Gasteiger partial charge in [-0.25, -0.2) is 9.59 Å². The molecule has 162 valence electrons. The number of cyclic esters (lactones) is 2. The summed E-state index contributed by atoms with van der Waals surface area (Å²) in [6, 6.07) is 0. The second-order valence-corrected chi connectivity index (χ2v) is 9.20. The SMILES string of the molecule is CC1=C(/C=C/C(C)=C/C=C/C(C)=C/C=C2C(=O)OC(C)(C)OC2=O)C(C)(C)CCC1. The van der Waals surface area contributed by atoms with Gasteiger partial charge in [0.05, 0.1) is 0 Å². The zero-order valence-electron chi connectivity index (χ0n) is 19.3. The lowest BCUT2D eigenvalue weighted by Gasteiger charge is -2.32. The number of hydrogen-bond acceptors (Lipinski definition) is 4. The first-order chi connectivity index (χ1) is 13.9. The number of hydrogen-bond donors (Lipinski definition) is 0. The van der Waals surface area contributed by atoms with E-state index in [-0.39, 0.29) is 11.0 Å². The van der Waals surface area contributed by atoms with E-state index in [1.54, 1.807) is 6.08 Å².